The lowest BCUT2D eigenvalue weighted by Gasteiger charge is -2.19. The molecule has 5 heterocycles. The van der Waals surface area contributed by atoms with E-state index in [0.29, 0.717) is 35.7 Å². The summed E-state index contributed by atoms with van der Waals surface area (Å²) >= 11 is 0. The molecule has 1 aliphatic rings. The Balaban J connectivity index is 1.33. The van der Waals surface area contributed by atoms with Gasteiger partial charge in [0.25, 0.3) is 5.89 Å². The lowest BCUT2D eigenvalue weighted by molar-refractivity contribution is 0.186. The number of likely N-dealkylation sites (tertiary alicyclic amines) is 1. The van der Waals surface area contributed by atoms with Crippen LogP contribution in [0.25, 0.3) is 23.1 Å². The lowest BCUT2D eigenvalue weighted by atomic mass is 10.2. The van der Waals surface area contributed by atoms with Gasteiger partial charge in [0.05, 0.1) is 12.6 Å². The predicted octanol–water partition coefficient (Wildman–Crippen LogP) is 3.17. The average molecular weight is 391 g/mol. The quantitative estimate of drug-likeness (QED) is 0.511. The number of rotatable bonds is 5. The molecular formula is C20H21N7O2. The van der Waals surface area contributed by atoms with E-state index < -0.39 is 0 Å². The first-order valence-corrected chi connectivity index (χ1v) is 9.63. The third-order valence-corrected chi connectivity index (χ3v) is 5.38. The molecule has 148 valence electrons. The molecule has 0 spiro atoms. The highest BCUT2D eigenvalue weighted by atomic mass is 16.5. The Hall–Kier alpha value is -3.33. The summed E-state index contributed by atoms with van der Waals surface area (Å²) in [7, 11) is 1.99. The van der Waals surface area contributed by atoms with Crippen LogP contribution in [0.4, 0.5) is 0 Å². The number of pyridine rings is 1. The van der Waals surface area contributed by atoms with Crippen molar-refractivity contribution in [1.82, 2.24) is 34.8 Å². The average Bonchev–Trinajstić information content (AvgIpc) is 3.52. The first-order valence-electron chi connectivity index (χ1n) is 9.63. The maximum Gasteiger partial charge on any atom is 0.264 e. The summed E-state index contributed by atoms with van der Waals surface area (Å²) in [5, 5.41) is 12.6. The van der Waals surface area contributed by atoms with E-state index in [9.17, 15) is 0 Å². The number of aryl methyl sites for hydroxylation is 1. The highest BCUT2D eigenvalue weighted by Crippen LogP contribution is 2.33. The van der Waals surface area contributed by atoms with Crippen molar-refractivity contribution in [2.24, 2.45) is 7.05 Å². The molecular weight excluding hydrogens is 370 g/mol. The number of hydrogen-bond acceptors (Lipinski definition) is 8. The van der Waals surface area contributed by atoms with Crippen molar-refractivity contribution >= 4 is 0 Å². The fraction of sp³-hybridized carbons (Fsp3) is 0.350. The van der Waals surface area contributed by atoms with Crippen molar-refractivity contribution in [3.63, 3.8) is 0 Å². The van der Waals surface area contributed by atoms with Crippen molar-refractivity contribution < 1.29 is 8.94 Å². The summed E-state index contributed by atoms with van der Waals surface area (Å²) in [6, 6.07) is 9.69. The second-order valence-corrected chi connectivity index (χ2v) is 7.22. The van der Waals surface area contributed by atoms with Gasteiger partial charge in [-0.1, -0.05) is 11.2 Å². The topological polar surface area (TPSA) is 98.9 Å². The minimum Gasteiger partial charge on any atom is -0.418 e. The van der Waals surface area contributed by atoms with Crippen molar-refractivity contribution in [2.45, 2.75) is 32.4 Å². The van der Waals surface area contributed by atoms with Crippen LogP contribution in [0.1, 0.15) is 36.4 Å². The molecule has 0 unspecified atom stereocenters. The first kappa shape index (κ1) is 17.7. The summed E-state index contributed by atoms with van der Waals surface area (Å²) in [6.45, 7) is 3.49. The van der Waals surface area contributed by atoms with Gasteiger partial charge in [-0.3, -0.25) is 9.88 Å². The van der Waals surface area contributed by atoms with Crippen LogP contribution in [-0.4, -0.2) is 41.3 Å². The molecule has 1 aliphatic heterocycles. The SMILES string of the molecule is Cc1ccc(-c2nnc(CN3CCC[C@H]3c3nc(-c4ccccn4)no3)o2)n1C. The number of aromatic nitrogens is 6. The van der Waals surface area contributed by atoms with E-state index in [1.807, 2.05) is 48.9 Å². The van der Waals surface area contributed by atoms with Crippen LogP contribution in [0.2, 0.25) is 0 Å². The van der Waals surface area contributed by atoms with Crippen LogP contribution in [0.5, 0.6) is 0 Å². The third kappa shape index (κ3) is 3.33. The van der Waals surface area contributed by atoms with Gasteiger partial charge in [0.1, 0.15) is 11.4 Å². The molecule has 0 bridgehead atoms. The molecule has 1 saturated heterocycles. The highest BCUT2D eigenvalue weighted by molar-refractivity contribution is 5.49. The second-order valence-electron chi connectivity index (χ2n) is 7.22. The fourth-order valence-electron chi connectivity index (χ4n) is 3.69. The summed E-state index contributed by atoms with van der Waals surface area (Å²) in [5.74, 6) is 2.21. The first-order chi connectivity index (χ1) is 14.2. The fourth-order valence-corrected chi connectivity index (χ4v) is 3.69. The number of nitrogens with zero attached hydrogens (tertiary/aromatic N) is 7. The van der Waals surface area contributed by atoms with E-state index in [1.165, 1.54) is 0 Å². The van der Waals surface area contributed by atoms with Gasteiger partial charge in [0.2, 0.25) is 17.6 Å². The van der Waals surface area contributed by atoms with E-state index in [-0.39, 0.29) is 6.04 Å². The van der Waals surface area contributed by atoms with E-state index in [0.717, 1.165) is 30.8 Å². The molecule has 0 aliphatic carbocycles. The largest absolute Gasteiger partial charge is 0.418 e. The van der Waals surface area contributed by atoms with Gasteiger partial charge in [0.15, 0.2) is 0 Å². The van der Waals surface area contributed by atoms with Gasteiger partial charge in [-0.2, -0.15) is 4.98 Å². The van der Waals surface area contributed by atoms with Crippen molar-refractivity contribution in [2.75, 3.05) is 6.54 Å². The van der Waals surface area contributed by atoms with E-state index in [1.54, 1.807) is 6.20 Å². The Kier molecular flexibility index (Phi) is 4.44. The Labute approximate surface area is 167 Å². The molecule has 0 amide bonds. The van der Waals surface area contributed by atoms with Crippen molar-refractivity contribution in [3.05, 3.63) is 54.0 Å². The zero-order valence-corrected chi connectivity index (χ0v) is 16.3. The summed E-state index contributed by atoms with van der Waals surface area (Å²) in [4.78, 5) is 11.1. The molecule has 29 heavy (non-hydrogen) atoms. The number of hydrogen-bond donors (Lipinski definition) is 0. The van der Waals surface area contributed by atoms with Crippen LogP contribution in [-0.2, 0) is 13.6 Å². The van der Waals surface area contributed by atoms with Crippen molar-refractivity contribution in [3.8, 4) is 23.1 Å². The summed E-state index contributed by atoms with van der Waals surface area (Å²) in [6.07, 6.45) is 3.71. The minimum absolute atomic E-state index is 0.0348. The summed E-state index contributed by atoms with van der Waals surface area (Å²) in [5.41, 5.74) is 2.75. The molecule has 0 radical (unpaired) electrons. The van der Waals surface area contributed by atoms with Crippen molar-refractivity contribution in [1.29, 1.82) is 0 Å². The maximum absolute atomic E-state index is 5.92. The van der Waals surface area contributed by atoms with Gasteiger partial charge < -0.3 is 13.5 Å². The molecule has 9 nitrogen and oxygen atoms in total. The molecule has 1 atom stereocenters. The summed E-state index contributed by atoms with van der Waals surface area (Å²) < 4.78 is 13.5. The Morgan fingerprint density at radius 3 is 2.90 bits per heavy atom. The normalized spacial score (nSPS) is 17.2. The molecule has 5 rings (SSSR count). The van der Waals surface area contributed by atoms with E-state index in [2.05, 4.69) is 30.2 Å². The molecule has 4 aromatic rings. The van der Waals surface area contributed by atoms with Gasteiger partial charge in [-0.15, -0.1) is 10.2 Å². The Morgan fingerprint density at radius 1 is 1.17 bits per heavy atom. The predicted molar refractivity (Wildman–Crippen MR) is 103 cm³/mol. The molecule has 1 fully saturated rings. The van der Waals surface area contributed by atoms with Crippen LogP contribution < -0.4 is 0 Å². The molecule has 0 aromatic carbocycles. The minimum atomic E-state index is 0.0348. The molecule has 9 heteroatoms. The zero-order valence-electron chi connectivity index (χ0n) is 16.3. The third-order valence-electron chi connectivity index (χ3n) is 5.38. The van der Waals surface area contributed by atoms with Gasteiger partial charge >= 0.3 is 0 Å². The zero-order chi connectivity index (χ0) is 19.8. The monoisotopic (exact) mass is 391 g/mol. The van der Waals surface area contributed by atoms with E-state index in [4.69, 9.17) is 8.94 Å². The molecule has 0 saturated carbocycles. The molecule has 0 N–H and O–H groups in total. The smallest absolute Gasteiger partial charge is 0.264 e. The van der Waals surface area contributed by atoms with Crippen LogP contribution in [0.15, 0.2) is 45.5 Å². The standard InChI is InChI=1S/C20H21N7O2/c1-13-8-9-15(26(13)2)20-24-23-17(28-20)12-27-11-5-7-16(27)19-22-18(25-29-19)14-6-3-4-10-21-14/h3-4,6,8-10,16H,5,7,11-12H2,1-2H3/t16-/m0/s1. The highest BCUT2D eigenvalue weighted by Gasteiger charge is 2.32. The van der Waals surface area contributed by atoms with Gasteiger partial charge in [0, 0.05) is 18.9 Å². The Morgan fingerprint density at radius 2 is 2.10 bits per heavy atom. The van der Waals surface area contributed by atoms with E-state index >= 15 is 0 Å². The van der Waals surface area contributed by atoms with Gasteiger partial charge in [-0.05, 0) is 50.6 Å². The van der Waals surface area contributed by atoms with Crippen LogP contribution >= 0.6 is 0 Å². The molecule has 4 aromatic heterocycles. The Bertz CT molecular complexity index is 1120. The van der Waals surface area contributed by atoms with Crippen LogP contribution in [0.3, 0.4) is 0 Å². The van der Waals surface area contributed by atoms with Gasteiger partial charge in [-0.25, -0.2) is 0 Å². The maximum atomic E-state index is 5.92. The second kappa shape index (κ2) is 7.25. The van der Waals surface area contributed by atoms with Crippen LogP contribution in [0, 0.1) is 6.92 Å². The lowest BCUT2D eigenvalue weighted by Crippen LogP contribution is -2.23.